The number of fused-ring (bicyclic) bond motifs is 1. The SMILES string of the molecule is COCCNCc1csc(N2CCn3ccnc3C2)n1. The lowest BCUT2D eigenvalue weighted by Gasteiger charge is -2.27. The molecule has 0 spiro atoms. The van der Waals surface area contributed by atoms with Crippen molar-refractivity contribution < 1.29 is 4.74 Å². The molecule has 0 saturated heterocycles. The van der Waals surface area contributed by atoms with Gasteiger partial charge in [-0.05, 0) is 0 Å². The molecule has 1 N–H and O–H groups in total. The van der Waals surface area contributed by atoms with Crippen molar-refractivity contribution in [2.24, 2.45) is 0 Å². The van der Waals surface area contributed by atoms with Crippen molar-refractivity contribution in [3.05, 3.63) is 29.3 Å². The fraction of sp³-hybridized carbons (Fsp3) is 0.538. The van der Waals surface area contributed by atoms with Gasteiger partial charge in [-0.3, -0.25) is 0 Å². The van der Waals surface area contributed by atoms with Crippen LogP contribution >= 0.6 is 11.3 Å². The number of hydrogen-bond donors (Lipinski definition) is 1. The number of hydrogen-bond acceptors (Lipinski definition) is 6. The highest BCUT2D eigenvalue weighted by Crippen LogP contribution is 2.24. The Labute approximate surface area is 122 Å². The van der Waals surface area contributed by atoms with E-state index in [1.54, 1.807) is 18.4 Å². The predicted molar refractivity (Wildman–Crippen MR) is 79.0 cm³/mol. The second-order valence-corrected chi connectivity index (χ2v) is 5.59. The lowest BCUT2D eigenvalue weighted by Crippen LogP contribution is -2.33. The summed E-state index contributed by atoms with van der Waals surface area (Å²) in [5.74, 6) is 1.12. The summed E-state index contributed by atoms with van der Waals surface area (Å²) < 4.78 is 7.21. The van der Waals surface area contributed by atoms with Crippen LogP contribution in [0.25, 0.3) is 0 Å². The minimum Gasteiger partial charge on any atom is -0.383 e. The average molecular weight is 293 g/mol. The van der Waals surface area contributed by atoms with E-state index in [1.165, 1.54) is 0 Å². The summed E-state index contributed by atoms with van der Waals surface area (Å²) >= 11 is 1.70. The maximum Gasteiger partial charge on any atom is 0.186 e. The Bertz CT molecular complexity index is 552. The molecule has 1 aliphatic rings. The number of ether oxygens (including phenoxy) is 1. The van der Waals surface area contributed by atoms with Crippen molar-refractivity contribution in [3.8, 4) is 0 Å². The van der Waals surface area contributed by atoms with Crippen molar-refractivity contribution >= 4 is 16.5 Å². The van der Waals surface area contributed by atoms with Crippen molar-refractivity contribution in [2.75, 3.05) is 31.7 Å². The number of anilines is 1. The Morgan fingerprint density at radius 3 is 3.30 bits per heavy atom. The molecule has 0 aliphatic carbocycles. The second-order valence-electron chi connectivity index (χ2n) is 4.75. The van der Waals surface area contributed by atoms with Crippen LogP contribution in [-0.4, -0.2) is 41.3 Å². The molecular formula is C13H19N5OS. The molecule has 108 valence electrons. The summed E-state index contributed by atoms with van der Waals surface area (Å²) in [4.78, 5) is 11.4. The molecule has 20 heavy (non-hydrogen) atoms. The molecule has 3 heterocycles. The summed E-state index contributed by atoms with van der Waals surface area (Å²) in [6.45, 7) is 5.19. The lowest BCUT2D eigenvalue weighted by molar-refractivity contribution is 0.199. The highest BCUT2D eigenvalue weighted by Gasteiger charge is 2.19. The predicted octanol–water partition coefficient (Wildman–Crippen LogP) is 1.10. The minimum absolute atomic E-state index is 0.728. The maximum absolute atomic E-state index is 5.01. The average Bonchev–Trinajstić information content (AvgIpc) is 3.11. The second kappa shape index (κ2) is 6.34. The van der Waals surface area contributed by atoms with Gasteiger partial charge < -0.3 is 19.5 Å². The summed E-state index contributed by atoms with van der Waals surface area (Å²) in [5, 5.41) is 6.52. The zero-order valence-corrected chi connectivity index (χ0v) is 12.4. The zero-order chi connectivity index (χ0) is 13.8. The highest BCUT2D eigenvalue weighted by molar-refractivity contribution is 7.13. The molecular weight excluding hydrogens is 274 g/mol. The van der Waals surface area contributed by atoms with E-state index >= 15 is 0 Å². The number of methoxy groups -OCH3 is 1. The summed E-state index contributed by atoms with van der Waals surface area (Å²) in [7, 11) is 1.71. The fourth-order valence-electron chi connectivity index (χ4n) is 2.25. The van der Waals surface area contributed by atoms with Gasteiger partial charge in [-0.1, -0.05) is 0 Å². The Hall–Kier alpha value is -1.44. The smallest absolute Gasteiger partial charge is 0.186 e. The van der Waals surface area contributed by atoms with Crippen LogP contribution in [-0.2, 0) is 24.4 Å². The summed E-state index contributed by atoms with van der Waals surface area (Å²) in [5.41, 5.74) is 1.09. The number of nitrogens with one attached hydrogen (secondary N) is 1. The molecule has 0 saturated carbocycles. The first-order valence-corrected chi connectivity index (χ1v) is 7.64. The summed E-state index contributed by atoms with van der Waals surface area (Å²) in [6.07, 6.45) is 3.91. The third-order valence-electron chi connectivity index (χ3n) is 3.34. The monoisotopic (exact) mass is 293 g/mol. The molecule has 1 aliphatic heterocycles. The van der Waals surface area contributed by atoms with Crippen LogP contribution < -0.4 is 10.2 Å². The van der Waals surface area contributed by atoms with Crippen LogP contribution in [0.15, 0.2) is 17.8 Å². The van der Waals surface area contributed by atoms with Gasteiger partial charge in [-0.15, -0.1) is 11.3 Å². The van der Waals surface area contributed by atoms with E-state index in [1.807, 2.05) is 12.4 Å². The third-order valence-corrected chi connectivity index (χ3v) is 4.29. The molecule has 0 amide bonds. The quantitative estimate of drug-likeness (QED) is 0.808. The first kappa shape index (κ1) is 13.5. The Kier molecular flexibility index (Phi) is 4.29. The first-order chi connectivity index (χ1) is 9.86. The van der Waals surface area contributed by atoms with Gasteiger partial charge in [0, 0.05) is 51.1 Å². The lowest BCUT2D eigenvalue weighted by atomic mass is 10.4. The largest absolute Gasteiger partial charge is 0.383 e. The molecule has 2 aromatic rings. The Morgan fingerprint density at radius 1 is 1.45 bits per heavy atom. The molecule has 0 aromatic carbocycles. The zero-order valence-electron chi connectivity index (χ0n) is 11.6. The molecule has 7 heteroatoms. The van der Waals surface area contributed by atoms with E-state index in [0.29, 0.717) is 0 Å². The third kappa shape index (κ3) is 3.00. The van der Waals surface area contributed by atoms with Crippen molar-refractivity contribution in [2.45, 2.75) is 19.6 Å². The van der Waals surface area contributed by atoms with E-state index in [4.69, 9.17) is 9.72 Å². The van der Waals surface area contributed by atoms with E-state index in [-0.39, 0.29) is 0 Å². The van der Waals surface area contributed by atoms with Crippen molar-refractivity contribution in [3.63, 3.8) is 0 Å². The minimum atomic E-state index is 0.728. The first-order valence-electron chi connectivity index (χ1n) is 6.76. The van der Waals surface area contributed by atoms with Crippen molar-refractivity contribution in [1.29, 1.82) is 0 Å². The van der Waals surface area contributed by atoms with Gasteiger partial charge >= 0.3 is 0 Å². The van der Waals surface area contributed by atoms with Crippen LogP contribution in [0.2, 0.25) is 0 Å². The van der Waals surface area contributed by atoms with Gasteiger partial charge in [0.05, 0.1) is 18.8 Å². The summed E-state index contributed by atoms with van der Waals surface area (Å²) in [6, 6.07) is 0. The number of imidazole rings is 1. The molecule has 6 nitrogen and oxygen atoms in total. The van der Waals surface area contributed by atoms with E-state index in [2.05, 4.69) is 25.1 Å². The van der Waals surface area contributed by atoms with E-state index < -0.39 is 0 Å². The Balaban J connectivity index is 1.57. The fourth-order valence-corrected chi connectivity index (χ4v) is 3.10. The van der Waals surface area contributed by atoms with Crippen LogP contribution in [0.4, 0.5) is 5.13 Å². The normalized spacial score (nSPS) is 14.6. The van der Waals surface area contributed by atoms with Crippen LogP contribution in [0.3, 0.4) is 0 Å². The molecule has 2 aromatic heterocycles. The standard InChI is InChI=1S/C13H19N5OS/c1-19-7-3-14-8-11-10-20-13(16-11)18-6-5-17-4-2-15-12(17)9-18/h2,4,10,14H,3,5-9H2,1H3. The molecule has 0 atom stereocenters. The Morgan fingerprint density at radius 2 is 2.40 bits per heavy atom. The number of nitrogens with zero attached hydrogens (tertiary/aromatic N) is 4. The topological polar surface area (TPSA) is 55.2 Å². The van der Waals surface area contributed by atoms with Crippen molar-refractivity contribution in [1.82, 2.24) is 19.9 Å². The van der Waals surface area contributed by atoms with Gasteiger partial charge in [0.15, 0.2) is 5.13 Å². The molecule has 3 rings (SSSR count). The van der Waals surface area contributed by atoms with Crippen LogP contribution in [0.5, 0.6) is 0 Å². The number of aromatic nitrogens is 3. The van der Waals surface area contributed by atoms with Gasteiger partial charge in [-0.2, -0.15) is 0 Å². The van der Waals surface area contributed by atoms with Crippen LogP contribution in [0, 0.1) is 0 Å². The van der Waals surface area contributed by atoms with Gasteiger partial charge in [0.2, 0.25) is 0 Å². The van der Waals surface area contributed by atoms with Gasteiger partial charge in [0.25, 0.3) is 0 Å². The van der Waals surface area contributed by atoms with Gasteiger partial charge in [0.1, 0.15) is 5.82 Å². The number of thiazole rings is 1. The highest BCUT2D eigenvalue weighted by atomic mass is 32.1. The van der Waals surface area contributed by atoms with Gasteiger partial charge in [-0.25, -0.2) is 9.97 Å². The van der Waals surface area contributed by atoms with E-state index in [0.717, 1.165) is 56.0 Å². The maximum atomic E-state index is 5.01. The van der Waals surface area contributed by atoms with Crippen LogP contribution in [0.1, 0.15) is 11.5 Å². The molecule has 0 fully saturated rings. The molecule has 0 bridgehead atoms. The molecule has 0 radical (unpaired) electrons. The number of rotatable bonds is 6. The molecule has 0 unspecified atom stereocenters. The van der Waals surface area contributed by atoms with E-state index in [9.17, 15) is 0 Å².